The first-order valence-corrected chi connectivity index (χ1v) is 6.73. The molecule has 1 unspecified atom stereocenters. The van der Waals surface area contributed by atoms with Gasteiger partial charge >= 0.3 is 17.9 Å². The van der Waals surface area contributed by atoms with Crippen molar-refractivity contribution < 1.29 is 29.0 Å². The van der Waals surface area contributed by atoms with E-state index in [4.69, 9.17) is 9.47 Å². The fraction of sp³-hybridized carbons (Fsp3) is 0.533. The van der Waals surface area contributed by atoms with Crippen molar-refractivity contribution in [3.05, 3.63) is 23.8 Å². The normalized spacial score (nSPS) is 21.1. The van der Waals surface area contributed by atoms with E-state index in [9.17, 15) is 19.5 Å². The quantitative estimate of drug-likeness (QED) is 0.457. The number of carboxylic acids is 1. The number of hydrogen-bond acceptors (Lipinski definition) is 5. The molecule has 0 saturated heterocycles. The van der Waals surface area contributed by atoms with Crippen LogP contribution in [0, 0.1) is 5.41 Å². The van der Waals surface area contributed by atoms with E-state index < -0.39 is 23.3 Å². The third-order valence-corrected chi connectivity index (χ3v) is 3.40. The highest BCUT2D eigenvalue weighted by molar-refractivity contribution is 5.97. The van der Waals surface area contributed by atoms with Crippen LogP contribution in [0.3, 0.4) is 0 Å². The van der Waals surface area contributed by atoms with Crippen LogP contribution in [0.2, 0.25) is 0 Å². The average molecular weight is 296 g/mol. The van der Waals surface area contributed by atoms with Crippen LogP contribution in [-0.2, 0) is 23.9 Å². The summed E-state index contributed by atoms with van der Waals surface area (Å²) < 4.78 is 9.85. The second-order valence-corrected chi connectivity index (χ2v) is 5.20. The minimum Gasteiger partial charge on any atom is -0.478 e. The van der Waals surface area contributed by atoms with Gasteiger partial charge in [0.2, 0.25) is 0 Å². The van der Waals surface area contributed by atoms with Crippen LogP contribution in [-0.4, -0.2) is 36.2 Å². The molecule has 0 aromatic heterocycles. The number of carboxylic acid groups (broad SMARTS) is 1. The van der Waals surface area contributed by atoms with Crippen LogP contribution in [0.25, 0.3) is 0 Å². The highest BCUT2D eigenvalue weighted by Gasteiger charge is 2.43. The highest BCUT2D eigenvalue weighted by Crippen LogP contribution is 2.38. The van der Waals surface area contributed by atoms with E-state index in [0.717, 1.165) is 6.42 Å². The lowest BCUT2D eigenvalue weighted by atomic mass is 9.74. The van der Waals surface area contributed by atoms with Crippen LogP contribution >= 0.6 is 0 Å². The maximum atomic E-state index is 12.1. The van der Waals surface area contributed by atoms with Crippen molar-refractivity contribution in [2.75, 3.05) is 13.2 Å². The van der Waals surface area contributed by atoms with Gasteiger partial charge in [0.1, 0.15) is 13.2 Å². The van der Waals surface area contributed by atoms with Crippen LogP contribution in [0.1, 0.15) is 33.1 Å². The molecular formula is C15H20O6. The number of aliphatic carboxylic acids is 1. The summed E-state index contributed by atoms with van der Waals surface area (Å²) in [6.45, 7) is 6.31. The fourth-order valence-electron chi connectivity index (χ4n) is 2.15. The average Bonchev–Trinajstić information content (AvgIpc) is 2.42. The molecule has 1 atom stereocenters. The molecule has 0 fully saturated rings. The van der Waals surface area contributed by atoms with E-state index >= 15 is 0 Å². The van der Waals surface area contributed by atoms with Crippen LogP contribution < -0.4 is 0 Å². The second kappa shape index (κ2) is 7.06. The van der Waals surface area contributed by atoms with E-state index in [2.05, 4.69) is 6.58 Å². The van der Waals surface area contributed by atoms with Crippen LogP contribution in [0.15, 0.2) is 23.8 Å². The topological polar surface area (TPSA) is 89.9 Å². The molecule has 0 amide bonds. The third-order valence-electron chi connectivity index (χ3n) is 3.40. The molecule has 0 aromatic carbocycles. The standard InChI is InChI=1S/C15H20O6/c1-10(2)13(18)20-8-9-21-14(19)15(3)7-5-4-6-11(15)12(16)17/h6H,1,4-5,7-9H2,2-3H3,(H,16,17). The summed E-state index contributed by atoms with van der Waals surface area (Å²) >= 11 is 0. The Hall–Kier alpha value is -2.11. The Balaban J connectivity index is 2.56. The van der Waals surface area contributed by atoms with Crippen molar-refractivity contribution in [1.29, 1.82) is 0 Å². The van der Waals surface area contributed by atoms with Gasteiger partial charge in [0, 0.05) is 5.57 Å². The molecule has 6 heteroatoms. The SMILES string of the molecule is C=C(C)C(=O)OCCOC(=O)C1(C)CCCC=C1C(=O)O. The summed E-state index contributed by atoms with van der Waals surface area (Å²) in [6, 6.07) is 0. The summed E-state index contributed by atoms with van der Waals surface area (Å²) in [4.78, 5) is 34.5. The first-order valence-electron chi connectivity index (χ1n) is 6.73. The summed E-state index contributed by atoms with van der Waals surface area (Å²) in [7, 11) is 0. The number of carbonyl (C=O) groups excluding carboxylic acids is 2. The summed E-state index contributed by atoms with van der Waals surface area (Å²) in [5, 5.41) is 9.17. The second-order valence-electron chi connectivity index (χ2n) is 5.20. The summed E-state index contributed by atoms with van der Waals surface area (Å²) in [6.07, 6.45) is 3.36. The summed E-state index contributed by atoms with van der Waals surface area (Å²) in [5.41, 5.74) is -0.822. The first-order chi connectivity index (χ1) is 9.79. The number of ether oxygens (including phenoxy) is 2. The van der Waals surface area contributed by atoms with Gasteiger partial charge in [-0.1, -0.05) is 12.7 Å². The lowest BCUT2D eigenvalue weighted by molar-refractivity contribution is -0.159. The van der Waals surface area contributed by atoms with Crippen molar-refractivity contribution in [3.63, 3.8) is 0 Å². The number of allylic oxidation sites excluding steroid dienone is 1. The smallest absolute Gasteiger partial charge is 0.333 e. The van der Waals surface area contributed by atoms with E-state index in [1.54, 1.807) is 13.0 Å². The molecule has 0 saturated carbocycles. The largest absolute Gasteiger partial charge is 0.478 e. The van der Waals surface area contributed by atoms with Gasteiger partial charge in [-0.25, -0.2) is 9.59 Å². The van der Waals surface area contributed by atoms with Crippen molar-refractivity contribution in [2.45, 2.75) is 33.1 Å². The zero-order valence-corrected chi connectivity index (χ0v) is 12.3. The van der Waals surface area contributed by atoms with Crippen molar-refractivity contribution in [3.8, 4) is 0 Å². The monoisotopic (exact) mass is 296 g/mol. The van der Waals surface area contributed by atoms with Crippen molar-refractivity contribution in [2.24, 2.45) is 5.41 Å². The molecule has 0 spiro atoms. The van der Waals surface area contributed by atoms with Gasteiger partial charge in [0.25, 0.3) is 0 Å². The Morgan fingerprint density at radius 1 is 1.33 bits per heavy atom. The molecule has 1 N–H and O–H groups in total. The lowest BCUT2D eigenvalue weighted by Crippen LogP contribution is -2.37. The Morgan fingerprint density at radius 3 is 2.52 bits per heavy atom. The molecule has 0 heterocycles. The molecule has 6 nitrogen and oxygen atoms in total. The zero-order valence-electron chi connectivity index (χ0n) is 12.3. The van der Waals surface area contributed by atoms with Gasteiger partial charge in [0.05, 0.1) is 11.0 Å². The Morgan fingerprint density at radius 2 is 1.95 bits per heavy atom. The molecule has 1 aliphatic carbocycles. The predicted octanol–water partition coefficient (Wildman–Crippen LogP) is 1.85. The van der Waals surface area contributed by atoms with E-state index in [-0.39, 0.29) is 24.4 Å². The maximum Gasteiger partial charge on any atom is 0.333 e. The number of hydrogen-bond donors (Lipinski definition) is 1. The number of esters is 2. The molecule has 116 valence electrons. The molecule has 21 heavy (non-hydrogen) atoms. The predicted molar refractivity (Wildman–Crippen MR) is 74.4 cm³/mol. The molecular weight excluding hydrogens is 276 g/mol. The lowest BCUT2D eigenvalue weighted by Gasteiger charge is -2.30. The van der Waals surface area contributed by atoms with Crippen LogP contribution in [0.5, 0.6) is 0 Å². The molecule has 0 aliphatic heterocycles. The number of rotatable bonds is 6. The fourth-order valence-corrected chi connectivity index (χ4v) is 2.15. The maximum absolute atomic E-state index is 12.1. The minimum absolute atomic E-state index is 0.0673. The van der Waals surface area contributed by atoms with E-state index in [1.165, 1.54) is 6.92 Å². The van der Waals surface area contributed by atoms with Gasteiger partial charge in [0.15, 0.2) is 0 Å². The molecule has 0 radical (unpaired) electrons. The molecule has 1 rings (SSSR count). The van der Waals surface area contributed by atoms with Crippen molar-refractivity contribution >= 4 is 17.9 Å². The Bertz CT molecular complexity index is 490. The minimum atomic E-state index is -1.15. The van der Waals surface area contributed by atoms with Gasteiger partial charge in [-0.3, -0.25) is 4.79 Å². The van der Waals surface area contributed by atoms with Gasteiger partial charge in [-0.2, -0.15) is 0 Å². The molecule has 1 aliphatic rings. The van der Waals surface area contributed by atoms with Gasteiger partial charge in [-0.15, -0.1) is 0 Å². The number of carbonyl (C=O) groups is 3. The zero-order chi connectivity index (χ0) is 16.0. The first kappa shape index (κ1) is 16.9. The molecule has 0 aromatic rings. The summed E-state index contributed by atoms with van der Waals surface area (Å²) in [5.74, 6) is -2.27. The van der Waals surface area contributed by atoms with Crippen LogP contribution in [0.4, 0.5) is 0 Å². The highest BCUT2D eigenvalue weighted by atomic mass is 16.6. The molecule has 0 bridgehead atoms. The van der Waals surface area contributed by atoms with Gasteiger partial charge < -0.3 is 14.6 Å². The van der Waals surface area contributed by atoms with E-state index in [1.807, 2.05) is 0 Å². The van der Waals surface area contributed by atoms with Gasteiger partial charge in [-0.05, 0) is 33.1 Å². The van der Waals surface area contributed by atoms with E-state index in [0.29, 0.717) is 12.8 Å². The third kappa shape index (κ3) is 4.18. The Kier molecular flexibility index (Phi) is 5.69. The Labute approximate surface area is 123 Å². The van der Waals surface area contributed by atoms with Crippen molar-refractivity contribution in [1.82, 2.24) is 0 Å².